The summed E-state index contributed by atoms with van der Waals surface area (Å²) in [5, 5.41) is 10.0. The van der Waals surface area contributed by atoms with Crippen LogP contribution in [0.3, 0.4) is 0 Å². The topological polar surface area (TPSA) is 74.4 Å². The van der Waals surface area contributed by atoms with Gasteiger partial charge in [0.15, 0.2) is 0 Å². The molecule has 1 atom stereocenters. The summed E-state index contributed by atoms with van der Waals surface area (Å²) < 4.78 is 0. The molecule has 1 aromatic heterocycles. The second-order valence-corrected chi connectivity index (χ2v) is 5.32. The van der Waals surface area contributed by atoms with Gasteiger partial charge in [-0.2, -0.15) is 0 Å². The Labute approximate surface area is 108 Å². The fourth-order valence-corrected chi connectivity index (χ4v) is 2.34. The lowest BCUT2D eigenvalue weighted by Crippen LogP contribution is -2.28. The Hall–Kier alpha value is -1.17. The number of nitrogen functional groups attached to an aromatic ring is 1. The van der Waals surface area contributed by atoms with E-state index in [1.807, 2.05) is 25.3 Å². The van der Waals surface area contributed by atoms with E-state index in [4.69, 9.17) is 5.84 Å². The number of rotatable bonds is 3. The van der Waals surface area contributed by atoms with Crippen molar-refractivity contribution < 1.29 is 5.11 Å². The van der Waals surface area contributed by atoms with E-state index in [2.05, 4.69) is 15.3 Å². The zero-order valence-corrected chi connectivity index (χ0v) is 10.9. The third-order valence-electron chi connectivity index (χ3n) is 3.54. The minimum atomic E-state index is -0.500. The van der Waals surface area contributed by atoms with E-state index in [-0.39, 0.29) is 0 Å². The van der Waals surface area contributed by atoms with E-state index < -0.39 is 5.60 Å². The second kappa shape index (κ2) is 5.65. The van der Waals surface area contributed by atoms with Crippen LogP contribution in [-0.2, 0) is 6.54 Å². The van der Waals surface area contributed by atoms with Gasteiger partial charge in [-0.15, -0.1) is 0 Å². The number of aromatic nitrogens is 1. The van der Waals surface area contributed by atoms with Gasteiger partial charge in [0.1, 0.15) is 5.82 Å². The number of nitrogens with two attached hydrogens (primary N) is 1. The van der Waals surface area contributed by atoms with Crippen LogP contribution in [-0.4, -0.2) is 33.7 Å². The molecule has 1 fully saturated rings. The molecular weight excluding hydrogens is 228 g/mol. The van der Waals surface area contributed by atoms with Crippen molar-refractivity contribution in [2.75, 3.05) is 18.5 Å². The fourth-order valence-electron chi connectivity index (χ4n) is 2.34. The molecule has 1 aliphatic rings. The Morgan fingerprint density at radius 2 is 2.28 bits per heavy atom. The lowest BCUT2D eigenvalue weighted by Gasteiger charge is -2.22. The third kappa shape index (κ3) is 3.66. The summed E-state index contributed by atoms with van der Waals surface area (Å²) in [4.78, 5) is 6.57. The molecule has 2 heterocycles. The van der Waals surface area contributed by atoms with Gasteiger partial charge in [0.25, 0.3) is 0 Å². The maximum Gasteiger partial charge on any atom is 0.139 e. The summed E-state index contributed by atoms with van der Waals surface area (Å²) in [6, 6.07) is 3.91. The monoisotopic (exact) mass is 250 g/mol. The Bertz CT molecular complexity index is 377. The Balaban J connectivity index is 1.92. The van der Waals surface area contributed by atoms with Crippen LogP contribution in [0.4, 0.5) is 5.82 Å². The normalized spacial score (nSPS) is 25.7. The molecular formula is C13H22N4O. The maximum atomic E-state index is 10.0. The molecule has 18 heavy (non-hydrogen) atoms. The van der Waals surface area contributed by atoms with Crippen LogP contribution in [0.5, 0.6) is 0 Å². The van der Waals surface area contributed by atoms with Gasteiger partial charge in [0.05, 0.1) is 5.60 Å². The highest BCUT2D eigenvalue weighted by molar-refractivity contribution is 5.33. The molecule has 5 nitrogen and oxygen atoms in total. The molecule has 1 aromatic rings. The molecule has 0 aliphatic carbocycles. The van der Waals surface area contributed by atoms with Gasteiger partial charge in [0.2, 0.25) is 0 Å². The van der Waals surface area contributed by atoms with Crippen LogP contribution in [0.2, 0.25) is 0 Å². The summed E-state index contributed by atoms with van der Waals surface area (Å²) in [7, 11) is 0. The van der Waals surface area contributed by atoms with Crippen molar-refractivity contribution in [1.82, 2.24) is 9.88 Å². The minimum absolute atomic E-state index is 0.500. The number of aliphatic hydroxyl groups is 1. The van der Waals surface area contributed by atoms with E-state index in [1.165, 1.54) is 5.56 Å². The summed E-state index contributed by atoms with van der Waals surface area (Å²) in [6.45, 7) is 4.78. The number of nitrogens with zero attached hydrogens (tertiary/aromatic N) is 2. The SMILES string of the molecule is CC1(O)CCCN(Cc2ccc(NN)nc2)CC1. The highest BCUT2D eigenvalue weighted by Crippen LogP contribution is 2.22. The van der Waals surface area contributed by atoms with E-state index in [1.54, 1.807) is 0 Å². The van der Waals surface area contributed by atoms with Crippen molar-refractivity contribution in [2.24, 2.45) is 5.84 Å². The molecule has 1 saturated heterocycles. The summed E-state index contributed by atoms with van der Waals surface area (Å²) >= 11 is 0. The quantitative estimate of drug-likeness (QED) is 0.553. The molecule has 0 saturated carbocycles. The molecule has 0 amide bonds. The van der Waals surface area contributed by atoms with Gasteiger partial charge in [-0.3, -0.25) is 4.90 Å². The van der Waals surface area contributed by atoms with E-state index in [0.717, 1.165) is 38.9 Å². The van der Waals surface area contributed by atoms with Crippen molar-refractivity contribution in [3.8, 4) is 0 Å². The van der Waals surface area contributed by atoms with Gasteiger partial charge < -0.3 is 10.5 Å². The van der Waals surface area contributed by atoms with Crippen molar-refractivity contribution >= 4 is 5.82 Å². The fraction of sp³-hybridized carbons (Fsp3) is 0.615. The molecule has 4 N–H and O–H groups in total. The van der Waals surface area contributed by atoms with E-state index in [0.29, 0.717) is 5.82 Å². The van der Waals surface area contributed by atoms with Crippen molar-refractivity contribution in [1.29, 1.82) is 0 Å². The van der Waals surface area contributed by atoms with Crippen LogP contribution >= 0.6 is 0 Å². The predicted octanol–water partition coefficient (Wildman–Crippen LogP) is 1.10. The summed E-state index contributed by atoms with van der Waals surface area (Å²) in [5.41, 5.74) is 3.20. The third-order valence-corrected chi connectivity index (χ3v) is 3.54. The number of pyridine rings is 1. The first-order valence-electron chi connectivity index (χ1n) is 6.45. The molecule has 0 aromatic carbocycles. The molecule has 1 aliphatic heterocycles. The number of hydrogen-bond donors (Lipinski definition) is 3. The van der Waals surface area contributed by atoms with E-state index >= 15 is 0 Å². The van der Waals surface area contributed by atoms with Crippen molar-refractivity contribution in [2.45, 2.75) is 38.3 Å². The first kappa shape index (κ1) is 13.3. The standard InChI is InChI=1S/C13H22N4O/c1-13(18)5-2-7-17(8-6-13)10-11-3-4-12(16-14)15-9-11/h3-4,9,18H,2,5-8,10,14H2,1H3,(H,15,16). The second-order valence-electron chi connectivity index (χ2n) is 5.32. The van der Waals surface area contributed by atoms with Crippen LogP contribution in [0.25, 0.3) is 0 Å². The zero-order chi connectivity index (χ0) is 13.0. The first-order chi connectivity index (χ1) is 8.59. The predicted molar refractivity (Wildman–Crippen MR) is 71.8 cm³/mol. The highest BCUT2D eigenvalue weighted by Gasteiger charge is 2.24. The van der Waals surface area contributed by atoms with Gasteiger partial charge in [-0.05, 0) is 44.4 Å². The summed E-state index contributed by atoms with van der Waals surface area (Å²) in [5.74, 6) is 5.96. The smallest absolute Gasteiger partial charge is 0.139 e. The minimum Gasteiger partial charge on any atom is -0.390 e. The van der Waals surface area contributed by atoms with Crippen molar-refractivity contribution in [3.05, 3.63) is 23.9 Å². The average molecular weight is 250 g/mol. The Morgan fingerprint density at radius 1 is 1.44 bits per heavy atom. The lowest BCUT2D eigenvalue weighted by molar-refractivity contribution is 0.0444. The Morgan fingerprint density at radius 3 is 2.94 bits per heavy atom. The number of hydrogen-bond acceptors (Lipinski definition) is 5. The van der Waals surface area contributed by atoms with Gasteiger partial charge in [-0.25, -0.2) is 10.8 Å². The Kier molecular flexibility index (Phi) is 4.16. The van der Waals surface area contributed by atoms with Crippen LogP contribution in [0.1, 0.15) is 31.7 Å². The van der Waals surface area contributed by atoms with Gasteiger partial charge in [0, 0.05) is 19.3 Å². The molecule has 100 valence electrons. The number of anilines is 1. The van der Waals surface area contributed by atoms with Crippen molar-refractivity contribution in [3.63, 3.8) is 0 Å². The number of nitrogens with one attached hydrogen (secondary N) is 1. The average Bonchev–Trinajstić information content (AvgIpc) is 2.52. The molecule has 0 radical (unpaired) electrons. The number of likely N-dealkylation sites (tertiary alicyclic amines) is 1. The molecule has 0 spiro atoms. The van der Waals surface area contributed by atoms with Crippen LogP contribution in [0.15, 0.2) is 18.3 Å². The van der Waals surface area contributed by atoms with Crippen LogP contribution in [0, 0.1) is 0 Å². The number of hydrazine groups is 1. The molecule has 2 rings (SSSR count). The molecule has 1 unspecified atom stereocenters. The van der Waals surface area contributed by atoms with Crippen LogP contribution < -0.4 is 11.3 Å². The lowest BCUT2D eigenvalue weighted by atomic mass is 9.98. The molecule has 0 bridgehead atoms. The van der Waals surface area contributed by atoms with Gasteiger partial charge in [-0.1, -0.05) is 6.07 Å². The zero-order valence-electron chi connectivity index (χ0n) is 10.9. The van der Waals surface area contributed by atoms with Gasteiger partial charge >= 0.3 is 0 Å². The first-order valence-corrected chi connectivity index (χ1v) is 6.45. The maximum absolute atomic E-state index is 10.0. The highest BCUT2D eigenvalue weighted by atomic mass is 16.3. The largest absolute Gasteiger partial charge is 0.390 e. The molecule has 5 heteroatoms. The summed E-state index contributed by atoms with van der Waals surface area (Å²) in [6.07, 6.45) is 4.61. The van der Waals surface area contributed by atoms with E-state index in [9.17, 15) is 5.11 Å².